The molecule has 1 saturated carbocycles. The number of likely N-dealkylation sites (N-methyl/N-ethyl adjacent to an activating group) is 1. The predicted octanol–water partition coefficient (Wildman–Crippen LogP) is 7.54. The standard InChI is InChI=1S/C44H55N5O5S/c1-27-21-38(55-7)37(43(51)47-27)24-46-42(50)35-22-36(32-13-18-39(45-23-32)49-25-28(2)52-29(3)26-49)41-40(30(35)4)53-44(5,54-41)33-14-16-34(17-15-33)48(6)20-19-31-11-9-8-10-12-31/h8-13,18,21-23,28-29,33-34H,14-17,19-20,24-26H2,1-7H3,(H,46,50)(H,47,51). The summed E-state index contributed by atoms with van der Waals surface area (Å²) < 4.78 is 19.8. The molecule has 2 aliphatic heterocycles. The number of H-pyrrole nitrogens is 1. The first-order chi connectivity index (χ1) is 26.4. The number of thioether (sulfide) groups is 1. The van der Waals surface area contributed by atoms with E-state index in [4.69, 9.17) is 19.2 Å². The summed E-state index contributed by atoms with van der Waals surface area (Å²) in [4.78, 5) is 40.3. The van der Waals surface area contributed by atoms with E-state index in [0.29, 0.717) is 34.2 Å². The zero-order chi connectivity index (χ0) is 38.9. The van der Waals surface area contributed by atoms with Crippen molar-refractivity contribution in [2.45, 2.75) is 102 Å². The lowest BCUT2D eigenvalue weighted by Crippen LogP contribution is -2.47. The molecule has 1 amide bonds. The zero-order valence-electron chi connectivity index (χ0n) is 33.2. The highest BCUT2D eigenvalue weighted by Crippen LogP contribution is 2.53. The van der Waals surface area contributed by atoms with Crippen molar-refractivity contribution in [3.63, 3.8) is 0 Å². The number of aromatic amines is 1. The van der Waals surface area contributed by atoms with Crippen LogP contribution in [0.3, 0.4) is 0 Å². The molecule has 0 radical (unpaired) electrons. The summed E-state index contributed by atoms with van der Waals surface area (Å²) in [6.45, 7) is 12.6. The zero-order valence-corrected chi connectivity index (χ0v) is 34.1. The molecule has 11 heteroatoms. The monoisotopic (exact) mass is 765 g/mol. The number of anilines is 1. The number of aryl methyl sites for hydroxylation is 1. The van der Waals surface area contributed by atoms with Crippen molar-refractivity contribution in [2.75, 3.05) is 37.8 Å². The van der Waals surface area contributed by atoms with Gasteiger partial charge in [0.1, 0.15) is 5.82 Å². The summed E-state index contributed by atoms with van der Waals surface area (Å²) in [6, 6.07) is 19.1. The summed E-state index contributed by atoms with van der Waals surface area (Å²) in [7, 11) is 2.24. The maximum absolute atomic E-state index is 14.1. The molecule has 2 aromatic carbocycles. The van der Waals surface area contributed by atoms with Crippen molar-refractivity contribution in [1.82, 2.24) is 20.2 Å². The summed E-state index contributed by atoms with van der Waals surface area (Å²) in [5.41, 5.74) is 5.25. The molecule has 4 aromatic rings. The molecule has 0 bridgehead atoms. The fraction of sp³-hybridized carbons (Fsp3) is 0.477. The molecule has 7 rings (SSSR count). The maximum atomic E-state index is 14.1. The summed E-state index contributed by atoms with van der Waals surface area (Å²) >= 11 is 1.49. The molecule has 3 atom stereocenters. The van der Waals surface area contributed by atoms with Gasteiger partial charge >= 0.3 is 0 Å². The number of benzene rings is 2. The van der Waals surface area contributed by atoms with E-state index in [1.54, 1.807) is 0 Å². The summed E-state index contributed by atoms with van der Waals surface area (Å²) in [5.74, 6) is 1.11. The summed E-state index contributed by atoms with van der Waals surface area (Å²) in [5, 5.41) is 3.03. The van der Waals surface area contributed by atoms with Gasteiger partial charge in [-0.25, -0.2) is 4.98 Å². The third-order valence-electron chi connectivity index (χ3n) is 11.7. The number of morpholine rings is 1. The Morgan fingerprint density at radius 2 is 1.73 bits per heavy atom. The van der Waals surface area contributed by atoms with Crippen LogP contribution in [0.1, 0.15) is 79.2 Å². The van der Waals surface area contributed by atoms with Gasteiger partial charge in [0.15, 0.2) is 11.5 Å². The Morgan fingerprint density at radius 3 is 2.40 bits per heavy atom. The number of aromatic nitrogens is 2. The molecule has 2 aromatic heterocycles. The van der Waals surface area contributed by atoms with Crippen LogP contribution in [0, 0.1) is 19.8 Å². The van der Waals surface area contributed by atoms with Crippen LogP contribution >= 0.6 is 11.8 Å². The number of nitrogens with zero attached hydrogens (tertiary/aromatic N) is 3. The average Bonchev–Trinajstić information content (AvgIpc) is 3.55. The second-order valence-corrected chi connectivity index (χ2v) is 16.6. The number of nitrogens with one attached hydrogen (secondary N) is 2. The third kappa shape index (κ3) is 8.44. The van der Waals surface area contributed by atoms with E-state index < -0.39 is 5.79 Å². The number of rotatable bonds is 11. The minimum atomic E-state index is -0.888. The van der Waals surface area contributed by atoms with Crippen molar-refractivity contribution >= 4 is 23.5 Å². The van der Waals surface area contributed by atoms with E-state index in [-0.39, 0.29) is 36.1 Å². The van der Waals surface area contributed by atoms with E-state index in [2.05, 4.69) is 78.3 Å². The minimum Gasteiger partial charge on any atom is -0.448 e. The first-order valence-electron chi connectivity index (χ1n) is 19.6. The quantitative estimate of drug-likeness (QED) is 0.150. The topological polar surface area (TPSA) is 109 Å². The number of ether oxygens (including phenoxy) is 3. The normalized spacial score (nSPS) is 23.6. The number of hydrogen-bond acceptors (Lipinski definition) is 9. The second kappa shape index (κ2) is 16.4. The molecule has 3 aliphatic rings. The lowest BCUT2D eigenvalue weighted by atomic mass is 9.80. The Hall–Kier alpha value is -4.32. The van der Waals surface area contributed by atoms with Crippen LogP contribution in [-0.2, 0) is 17.7 Å². The molecular formula is C44H55N5O5S. The predicted molar refractivity (Wildman–Crippen MR) is 220 cm³/mol. The molecule has 3 unspecified atom stereocenters. The molecule has 292 valence electrons. The van der Waals surface area contributed by atoms with Crippen molar-refractivity contribution < 1.29 is 19.0 Å². The molecule has 55 heavy (non-hydrogen) atoms. The molecule has 0 spiro atoms. The molecule has 1 aliphatic carbocycles. The maximum Gasteiger partial charge on any atom is 0.254 e. The molecule has 2 fully saturated rings. The lowest BCUT2D eigenvalue weighted by molar-refractivity contribution is -0.123. The third-order valence-corrected chi connectivity index (χ3v) is 12.5. The van der Waals surface area contributed by atoms with Crippen LogP contribution in [0.2, 0.25) is 0 Å². The fourth-order valence-electron chi connectivity index (χ4n) is 8.57. The van der Waals surface area contributed by atoms with Gasteiger partial charge in [-0.1, -0.05) is 30.3 Å². The van der Waals surface area contributed by atoms with Gasteiger partial charge < -0.3 is 34.3 Å². The fourth-order valence-corrected chi connectivity index (χ4v) is 9.28. The van der Waals surface area contributed by atoms with Gasteiger partial charge in [0, 0.05) is 89.7 Å². The number of carbonyl (C=O) groups is 1. The van der Waals surface area contributed by atoms with Gasteiger partial charge in [-0.05, 0) is 103 Å². The Kier molecular flexibility index (Phi) is 11.6. The Bertz CT molecular complexity index is 2040. The van der Waals surface area contributed by atoms with Crippen molar-refractivity contribution in [3.05, 3.63) is 99.1 Å². The molecule has 10 nitrogen and oxygen atoms in total. The van der Waals surface area contributed by atoms with E-state index >= 15 is 0 Å². The van der Waals surface area contributed by atoms with Gasteiger partial charge in [-0.2, -0.15) is 0 Å². The Morgan fingerprint density at radius 1 is 1.02 bits per heavy atom. The average molecular weight is 766 g/mol. The van der Waals surface area contributed by atoms with Crippen LogP contribution in [0.4, 0.5) is 5.82 Å². The highest BCUT2D eigenvalue weighted by molar-refractivity contribution is 7.98. The number of amides is 1. The minimum absolute atomic E-state index is 0.0984. The molecule has 2 N–H and O–H groups in total. The number of carbonyl (C=O) groups excluding carboxylic acids is 1. The highest BCUT2D eigenvalue weighted by Gasteiger charge is 2.48. The first kappa shape index (κ1) is 38.9. The largest absolute Gasteiger partial charge is 0.448 e. The molecule has 1 saturated heterocycles. The summed E-state index contributed by atoms with van der Waals surface area (Å²) in [6.07, 6.45) is 9.13. The smallest absolute Gasteiger partial charge is 0.254 e. The van der Waals surface area contributed by atoms with Gasteiger partial charge in [0.25, 0.3) is 17.3 Å². The van der Waals surface area contributed by atoms with Crippen molar-refractivity contribution in [2.24, 2.45) is 5.92 Å². The van der Waals surface area contributed by atoms with Crippen LogP contribution < -0.4 is 25.2 Å². The number of hydrogen-bond donors (Lipinski definition) is 2. The number of fused-ring (bicyclic) bond motifs is 1. The van der Waals surface area contributed by atoms with Crippen LogP contribution in [0.5, 0.6) is 11.5 Å². The van der Waals surface area contributed by atoms with E-state index in [9.17, 15) is 9.59 Å². The lowest BCUT2D eigenvalue weighted by Gasteiger charge is -2.40. The SMILES string of the molecule is CSc1cc(C)[nH]c(=O)c1CNC(=O)c1cc(-c2ccc(N3CC(C)OC(C)C3)nc2)c2c(c1C)OC(C)(C1CCC(N(C)CCc3ccccc3)CC1)O2. The van der Waals surface area contributed by atoms with Crippen LogP contribution in [-0.4, -0.2) is 77.7 Å². The Labute approximate surface area is 329 Å². The van der Waals surface area contributed by atoms with E-state index in [1.807, 2.05) is 50.6 Å². The first-order valence-corrected chi connectivity index (χ1v) is 20.9. The van der Waals surface area contributed by atoms with Crippen molar-refractivity contribution in [1.29, 1.82) is 0 Å². The van der Waals surface area contributed by atoms with Crippen molar-refractivity contribution in [3.8, 4) is 22.6 Å². The van der Waals surface area contributed by atoms with E-state index in [1.165, 1.54) is 17.3 Å². The van der Waals surface area contributed by atoms with E-state index in [0.717, 1.165) is 79.3 Å². The highest BCUT2D eigenvalue weighted by atomic mass is 32.2. The molecule has 4 heterocycles. The van der Waals surface area contributed by atoms with Gasteiger partial charge in [-0.3, -0.25) is 9.59 Å². The number of pyridine rings is 2. The van der Waals surface area contributed by atoms with Gasteiger partial charge in [0.05, 0.1) is 12.2 Å². The van der Waals surface area contributed by atoms with Crippen LogP contribution in [0.15, 0.2) is 70.5 Å². The van der Waals surface area contributed by atoms with Gasteiger partial charge in [0.2, 0.25) is 0 Å². The van der Waals surface area contributed by atoms with Gasteiger partial charge in [-0.15, -0.1) is 11.8 Å². The second-order valence-electron chi connectivity index (χ2n) is 15.8. The Balaban J connectivity index is 1.14. The molecular weight excluding hydrogens is 711 g/mol. The van der Waals surface area contributed by atoms with Crippen LogP contribution in [0.25, 0.3) is 11.1 Å².